The molecule has 0 fully saturated rings. The Morgan fingerprint density at radius 2 is 1.92 bits per heavy atom. The first kappa shape index (κ1) is 9.78. The fourth-order valence-corrected chi connectivity index (χ4v) is 1.17. The van der Waals surface area contributed by atoms with Crippen molar-refractivity contribution in [2.75, 3.05) is 7.11 Å². The van der Waals surface area contributed by atoms with E-state index in [1.54, 1.807) is 7.11 Å². The summed E-state index contributed by atoms with van der Waals surface area (Å²) in [7, 11) is 1.56. The summed E-state index contributed by atoms with van der Waals surface area (Å²) >= 11 is 0. The summed E-state index contributed by atoms with van der Waals surface area (Å²) in [6.07, 6.45) is 1.07. The molecule has 0 N–H and O–H groups in total. The lowest BCUT2D eigenvalue weighted by Gasteiger charge is -2.01. The van der Waals surface area contributed by atoms with Crippen molar-refractivity contribution >= 4 is 5.71 Å². The standard InChI is InChI=1S/C11H15NO/c1-4-10-5-7-11(8-6-10)9(2)12-13-3/h5-8H,4H2,1-3H3. The van der Waals surface area contributed by atoms with Gasteiger partial charge >= 0.3 is 0 Å². The van der Waals surface area contributed by atoms with E-state index in [2.05, 4.69) is 36.3 Å². The SMILES string of the molecule is CCc1ccc(C(C)=NOC)cc1. The molecule has 0 aromatic heterocycles. The Bertz CT molecular complexity index is 287. The monoisotopic (exact) mass is 177 g/mol. The van der Waals surface area contributed by atoms with Crippen molar-refractivity contribution in [1.29, 1.82) is 0 Å². The number of rotatable bonds is 3. The molecule has 2 heteroatoms. The largest absolute Gasteiger partial charge is 0.399 e. The third-order valence-electron chi connectivity index (χ3n) is 2.01. The van der Waals surface area contributed by atoms with Crippen LogP contribution in [0.25, 0.3) is 0 Å². The molecule has 1 rings (SSSR count). The maximum Gasteiger partial charge on any atom is 0.106 e. The summed E-state index contributed by atoms with van der Waals surface area (Å²) in [5, 5.41) is 3.87. The van der Waals surface area contributed by atoms with E-state index in [0.29, 0.717) is 0 Å². The van der Waals surface area contributed by atoms with Crippen LogP contribution in [0, 0.1) is 0 Å². The Morgan fingerprint density at radius 3 is 2.38 bits per heavy atom. The molecular weight excluding hydrogens is 162 g/mol. The van der Waals surface area contributed by atoms with E-state index >= 15 is 0 Å². The maximum absolute atomic E-state index is 4.70. The van der Waals surface area contributed by atoms with Gasteiger partial charge in [-0.3, -0.25) is 0 Å². The summed E-state index contributed by atoms with van der Waals surface area (Å²) in [5.41, 5.74) is 3.36. The van der Waals surface area contributed by atoms with Gasteiger partial charge in [-0.05, 0) is 24.5 Å². The topological polar surface area (TPSA) is 21.6 Å². The first-order valence-electron chi connectivity index (χ1n) is 4.45. The molecule has 0 aliphatic rings. The van der Waals surface area contributed by atoms with Gasteiger partial charge in [0, 0.05) is 0 Å². The summed E-state index contributed by atoms with van der Waals surface area (Å²) in [5.74, 6) is 0. The zero-order chi connectivity index (χ0) is 9.68. The molecule has 0 unspecified atom stereocenters. The summed E-state index contributed by atoms with van der Waals surface area (Å²) in [6, 6.07) is 8.36. The van der Waals surface area contributed by atoms with Crippen LogP contribution in [0.4, 0.5) is 0 Å². The van der Waals surface area contributed by atoms with Crippen LogP contribution < -0.4 is 0 Å². The van der Waals surface area contributed by atoms with Crippen LogP contribution in [0.1, 0.15) is 25.0 Å². The fraction of sp³-hybridized carbons (Fsp3) is 0.364. The predicted molar refractivity (Wildman–Crippen MR) is 55.0 cm³/mol. The Balaban J connectivity index is 2.85. The fourth-order valence-electron chi connectivity index (χ4n) is 1.17. The quantitative estimate of drug-likeness (QED) is 0.513. The van der Waals surface area contributed by atoms with Crippen molar-refractivity contribution in [2.24, 2.45) is 5.16 Å². The van der Waals surface area contributed by atoms with Crippen molar-refractivity contribution in [3.05, 3.63) is 35.4 Å². The molecule has 0 aliphatic heterocycles. The molecule has 0 saturated carbocycles. The lowest BCUT2D eigenvalue weighted by molar-refractivity contribution is 0.213. The number of hydrogen-bond acceptors (Lipinski definition) is 2. The molecule has 0 radical (unpaired) electrons. The first-order valence-corrected chi connectivity index (χ1v) is 4.45. The molecule has 0 spiro atoms. The maximum atomic E-state index is 4.70. The lowest BCUT2D eigenvalue weighted by atomic mass is 10.1. The second kappa shape index (κ2) is 4.65. The average molecular weight is 177 g/mol. The normalized spacial score (nSPS) is 11.5. The van der Waals surface area contributed by atoms with Gasteiger partial charge in [0.25, 0.3) is 0 Å². The molecule has 1 aromatic rings. The van der Waals surface area contributed by atoms with Crippen molar-refractivity contribution in [3.63, 3.8) is 0 Å². The molecule has 0 bridgehead atoms. The highest BCUT2D eigenvalue weighted by Crippen LogP contribution is 2.06. The molecule has 0 saturated heterocycles. The second-order valence-corrected chi connectivity index (χ2v) is 2.91. The van der Waals surface area contributed by atoms with E-state index in [1.807, 2.05) is 6.92 Å². The van der Waals surface area contributed by atoms with Gasteiger partial charge in [-0.15, -0.1) is 0 Å². The minimum atomic E-state index is 0.908. The Labute approximate surface area is 79.2 Å². The van der Waals surface area contributed by atoms with Gasteiger partial charge in [0.2, 0.25) is 0 Å². The van der Waals surface area contributed by atoms with E-state index in [0.717, 1.165) is 17.7 Å². The van der Waals surface area contributed by atoms with Crippen LogP contribution in [-0.2, 0) is 11.3 Å². The van der Waals surface area contributed by atoms with Crippen LogP contribution in [0.15, 0.2) is 29.4 Å². The van der Waals surface area contributed by atoms with Gasteiger partial charge in [0.1, 0.15) is 7.11 Å². The van der Waals surface area contributed by atoms with Gasteiger partial charge in [-0.2, -0.15) is 0 Å². The highest BCUT2D eigenvalue weighted by Gasteiger charge is 1.96. The molecule has 1 aromatic carbocycles. The van der Waals surface area contributed by atoms with Gasteiger partial charge in [-0.25, -0.2) is 0 Å². The Hall–Kier alpha value is -1.31. The molecule has 0 heterocycles. The Kier molecular flexibility index (Phi) is 3.50. The number of oxime groups is 1. The summed E-state index contributed by atoms with van der Waals surface area (Å²) < 4.78 is 0. The summed E-state index contributed by atoms with van der Waals surface area (Å²) in [4.78, 5) is 4.70. The van der Waals surface area contributed by atoms with Crippen LogP contribution in [0.2, 0.25) is 0 Å². The van der Waals surface area contributed by atoms with Gasteiger partial charge in [-0.1, -0.05) is 36.3 Å². The van der Waals surface area contributed by atoms with Crippen molar-refractivity contribution < 1.29 is 4.84 Å². The number of benzene rings is 1. The number of nitrogens with zero attached hydrogens (tertiary/aromatic N) is 1. The third kappa shape index (κ3) is 2.58. The molecule has 0 aliphatic carbocycles. The second-order valence-electron chi connectivity index (χ2n) is 2.91. The molecule has 13 heavy (non-hydrogen) atoms. The van der Waals surface area contributed by atoms with Crippen LogP contribution in [0.3, 0.4) is 0 Å². The smallest absolute Gasteiger partial charge is 0.106 e. The predicted octanol–water partition coefficient (Wildman–Crippen LogP) is 2.62. The van der Waals surface area contributed by atoms with E-state index < -0.39 is 0 Å². The van der Waals surface area contributed by atoms with E-state index in [-0.39, 0.29) is 0 Å². The zero-order valence-electron chi connectivity index (χ0n) is 8.37. The van der Waals surface area contributed by atoms with Gasteiger partial charge in [0.15, 0.2) is 0 Å². The lowest BCUT2D eigenvalue weighted by Crippen LogP contribution is -1.95. The van der Waals surface area contributed by atoms with E-state index in [9.17, 15) is 0 Å². The minimum Gasteiger partial charge on any atom is -0.399 e. The zero-order valence-corrected chi connectivity index (χ0v) is 8.37. The highest BCUT2D eigenvalue weighted by atomic mass is 16.6. The van der Waals surface area contributed by atoms with Crippen molar-refractivity contribution in [1.82, 2.24) is 0 Å². The first-order chi connectivity index (χ1) is 6.27. The van der Waals surface area contributed by atoms with Crippen LogP contribution in [-0.4, -0.2) is 12.8 Å². The summed E-state index contributed by atoms with van der Waals surface area (Å²) in [6.45, 7) is 4.08. The van der Waals surface area contributed by atoms with Crippen LogP contribution >= 0.6 is 0 Å². The van der Waals surface area contributed by atoms with Gasteiger partial charge < -0.3 is 4.84 Å². The van der Waals surface area contributed by atoms with Gasteiger partial charge in [0.05, 0.1) is 5.71 Å². The highest BCUT2D eigenvalue weighted by molar-refractivity contribution is 5.98. The van der Waals surface area contributed by atoms with E-state index in [4.69, 9.17) is 4.84 Å². The number of aryl methyl sites for hydroxylation is 1. The minimum absolute atomic E-state index is 0.908. The van der Waals surface area contributed by atoms with E-state index in [1.165, 1.54) is 5.56 Å². The molecule has 0 atom stereocenters. The third-order valence-corrected chi connectivity index (χ3v) is 2.01. The molecule has 70 valence electrons. The number of hydrogen-bond donors (Lipinski definition) is 0. The molecule has 2 nitrogen and oxygen atoms in total. The average Bonchev–Trinajstić information content (AvgIpc) is 2.18. The molecular formula is C11H15NO. The molecule has 0 amide bonds. The Morgan fingerprint density at radius 1 is 1.31 bits per heavy atom. The van der Waals surface area contributed by atoms with Crippen molar-refractivity contribution in [2.45, 2.75) is 20.3 Å². The van der Waals surface area contributed by atoms with Crippen molar-refractivity contribution in [3.8, 4) is 0 Å². The van der Waals surface area contributed by atoms with Crippen LogP contribution in [0.5, 0.6) is 0 Å².